The Labute approximate surface area is 100 Å². The van der Waals surface area contributed by atoms with E-state index in [0.29, 0.717) is 13.0 Å². The van der Waals surface area contributed by atoms with Gasteiger partial charge < -0.3 is 9.64 Å². The van der Waals surface area contributed by atoms with E-state index in [-0.39, 0.29) is 18.6 Å². The van der Waals surface area contributed by atoms with Crippen LogP contribution in [0.2, 0.25) is 0 Å². The zero-order valence-corrected chi connectivity index (χ0v) is 9.72. The number of aryl methyl sites for hydroxylation is 1. The third-order valence-corrected chi connectivity index (χ3v) is 2.76. The minimum atomic E-state index is -0.182. The van der Waals surface area contributed by atoms with Crippen molar-refractivity contribution in [2.45, 2.75) is 19.4 Å². The third kappa shape index (κ3) is 2.63. The second-order valence-electron chi connectivity index (χ2n) is 4.14. The molecule has 1 aromatic carbocycles. The number of rotatable bonds is 2. The molecule has 17 heavy (non-hydrogen) atoms. The highest BCUT2D eigenvalue weighted by Gasteiger charge is 2.27. The predicted octanol–water partition coefficient (Wildman–Crippen LogP) is 1.64. The summed E-state index contributed by atoms with van der Waals surface area (Å²) in [5.41, 5.74) is 1.99. The molecule has 0 radical (unpaired) electrons. The summed E-state index contributed by atoms with van der Waals surface area (Å²) in [5, 5.41) is 8.65. The van der Waals surface area contributed by atoms with Crippen molar-refractivity contribution in [3.8, 4) is 6.07 Å². The smallest absolute Gasteiger partial charge is 0.253 e. The van der Waals surface area contributed by atoms with Crippen LogP contribution in [0.15, 0.2) is 24.3 Å². The van der Waals surface area contributed by atoms with Crippen LogP contribution in [0.25, 0.3) is 0 Å². The Bertz CT molecular complexity index is 465. The van der Waals surface area contributed by atoms with E-state index in [1.807, 2.05) is 31.2 Å². The number of amides is 1. The molecule has 1 fully saturated rings. The maximum atomic E-state index is 11.8. The van der Waals surface area contributed by atoms with E-state index < -0.39 is 0 Å². The molecular weight excluding hydrogens is 216 g/mol. The van der Waals surface area contributed by atoms with Gasteiger partial charge in [-0.15, -0.1) is 0 Å². The number of carbonyl (C=O) groups is 1. The molecule has 0 N–H and O–H groups in total. The molecule has 1 atom stereocenters. The van der Waals surface area contributed by atoms with Gasteiger partial charge in [-0.05, 0) is 24.6 Å². The third-order valence-electron chi connectivity index (χ3n) is 2.76. The van der Waals surface area contributed by atoms with Crippen LogP contribution in [-0.4, -0.2) is 25.2 Å². The molecule has 4 heteroatoms. The monoisotopic (exact) mass is 230 g/mol. The van der Waals surface area contributed by atoms with E-state index in [4.69, 9.17) is 10.00 Å². The molecule has 1 saturated heterocycles. The molecule has 1 aromatic rings. The van der Waals surface area contributed by atoms with Crippen LogP contribution in [0, 0.1) is 18.3 Å². The molecule has 1 aliphatic heterocycles. The summed E-state index contributed by atoms with van der Waals surface area (Å²) in [6, 6.07) is 9.85. The molecule has 2 rings (SSSR count). The van der Waals surface area contributed by atoms with E-state index >= 15 is 0 Å². The quantitative estimate of drug-likeness (QED) is 0.776. The van der Waals surface area contributed by atoms with Gasteiger partial charge in [0.25, 0.3) is 5.91 Å². The van der Waals surface area contributed by atoms with Gasteiger partial charge in [0, 0.05) is 5.69 Å². The Morgan fingerprint density at radius 3 is 3.12 bits per heavy atom. The van der Waals surface area contributed by atoms with Crippen LogP contribution in [0.3, 0.4) is 0 Å². The Morgan fingerprint density at radius 2 is 2.41 bits per heavy atom. The largest absolute Gasteiger partial charge is 0.365 e. The summed E-state index contributed by atoms with van der Waals surface area (Å²) < 4.78 is 5.30. The van der Waals surface area contributed by atoms with Gasteiger partial charge in [0.1, 0.15) is 6.61 Å². The lowest BCUT2D eigenvalue weighted by atomic mass is 10.1. The molecule has 0 bridgehead atoms. The van der Waals surface area contributed by atoms with Gasteiger partial charge in [-0.25, -0.2) is 0 Å². The van der Waals surface area contributed by atoms with Crippen molar-refractivity contribution in [1.29, 1.82) is 5.26 Å². The number of carbonyl (C=O) groups excluding carboxylic acids is 1. The molecular formula is C13H14N2O2. The zero-order valence-electron chi connectivity index (χ0n) is 9.72. The molecule has 1 unspecified atom stereocenters. The number of nitrogens with zero attached hydrogens (tertiary/aromatic N) is 2. The van der Waals surface area contributed by atoms with Crippen LogP contribution in [0.1, 0.15) is 12.0 Å². The summed E-state index contributed by atoms with van der Waals surface area (Å²) in [4.78, 5) is 13.5. The van der Waals surface area contributed by atoms with Crippen molar-refractivity contribution >= 4 is 11.6 Å². The van der Waals surface area contributed by atoms with Crippen molar-refractivity contribution in [3.63, 3.8) is 0 Å². The number of ether oxygens (including phenoxy) is 1. The summed E-state index contributed by atoms with van der Waals surface area (Å²) in [5.74, 6) is -0.0511. The highest BCUT2D eigenvalue weighted by Crippen LogP contribution is 2.20. The number of anilines is 1. The molecule has 0 saturated carbocycles. The fraction of sp³-hybridized carbons (Fsp3) is 0.385. The first-order chi connectivity index (χ1) is 8.20. The lowest BCUT2D eigenvalue weighted by Gasteiger charge is -2.31. The number of hydrogen-bond donors (Lipinski definition) is 0. The highest BCUT2D eigenvalue weighted by atomic mass is 16.5. The number of nitriles is 1. The van der Waals surface area contributed by atoms with Gasteiger partial charge in [0.05, 0.1) is 25.1 Å². The Hall–Kier alpha value is -1.86. The minimum absolute atomic E-state index is 0.0511. The molecule has 0 aliphatic carbocycles. The second-order valence-corrected chi connectivity index (χ2v) is 4.14. The summed E-state index contributed by atoms with van der Waals surface area (Å²) >= 11 is 0. The van der Waals surface area contributed by atoms with Crippen molar-refractivity contribution in [2.24, 2.45) is 0 Å². The molecule has 0 aromatic heterocycles. The number of hydrogen-bond acceptors (Lipinski definition) is 3. The topological polar surface area (TPSA) is 53.3 Å². The van der Waals surface area contributed by atoms with Crippen molar-refractivity contribution in [3.05, 3.63) is 29.8 Å². The lowest BCUT2D eigenvalue weighted by molar-refractivity contribution is -0.129. The average molecular weight is 230 g/mol. The van der Waals surface area contributed by atoms with Gasteiger partial charge in [0.2, 0.25) is 0 Å². The van der Waals surface area contributed by atoms with E-state index in [1.165, 1.54) is 0 Å². The standard InChI is InChI=1S/C13H14N2O2/c1-10-3-2-4-11(7-10)15-8-12(5-6-14)17-9-13(15)16/h2-4,7,12H,5,8-9H2,1H3. The van der Waals surface area contributed by atoms with Crippen LogP contribution in [0.4, 0.5) is 5.69 Å². The van der Waals surface area contributed by atoms with Gasteiger partial charge >= 0.3 is 0 Å². The van der Waals surface area contributed by atoms with Gasteiger partial charge in [-0.1, -0.05) is 12.1 Å². The summed E-state index contributed by atoms with van der Waals surface area (Å²) in [6.07, 6.45) is 0.133. The Morgan fingerprint density at radius 1 is 1.59 bits per heavy atom. The number of benzene rings is 1. The van der Waals surface area contributed by atoms with Crippen LogP contribution in [0.5, 0.6) is 0 Å². The SMILES string of the molecule is Cc1cccc(N2CC(CC#N)OCC2=O)c1. The van der Waals surface area contributed by atoms with E-state index in [2.05, 4.69) is 6.07 Å². The van der Waals surface area contributed by atoms with Crippen LogP contribution < -0.4 is 4.90 Å². The van der Waals surface area contributed by atoms with E-state index in [0.717, 1.165) is 11.3 Å². The maximum Gasteiger partial charge on any atom is 0.253 e. The fourth-order valence-corrected chi connectivity index (χ4v) is 1.90. The second kappa shape index (κ2) is 4.98. The molecule has 0 spiro atoms. The normalized spacial score (nSPS) is 20.1. The predicted molar refractivity (Wildman–Crippen MR) is 63.5 cm³/mol. The van der Waals surface area contributed by atoms with Crippen LogP contribution in [-0.2, 0) is 9.53 Å². The van der Waals surface area contributed by atoms with Gasteiger partial charge in [0.15, 0.2) is 0 Å². The molecule has 88 valence electrons. The molecule has 4 nitrogen and oxygen atoms in total. The van der Waals surface area contributed by atoms with Crippen molar-refractivity contribution < 1.29 is 9.53 Å². The van der Waals surface area contributed by atoms with Crippen molar-refractivity contribution in [1.82, 2.24) is 0 Å². The molecule has 1 heterocycles. The summed E-state index contributed by atoms with van der Waals surface area (Å²) in [6.45, 7) is 2.50. The Balaban J connectivity index is 2.18. The van der Waals surface area contributed by atoms with E-state index in [9.17, 15) is 4.79 Å². The van der Waals surface area contributed by atoms with E-state index in [1.54, 1.807) is 4.90 Å². The summed E-state index contributed by atoms with van der Waals surface area (Å²) in [7, 11) is 0. The maximum absolute atomic E-state index is 11.8. The average Bonchev–Trinajstić information content (AvgIpc) is 2.32. The highest BCUT2D eigenvalue weighted by molar-refractivity contribution is 5.95. The first kappa shape index (κ1) is 11.6. The first-order valence-corrected chi connectivity index (χ1v) is 5.56. The van der Waals surface area contributed by atoms with Gasteiger partial charge in [-0.2, -0.15) is 5.26 Å². The lowest BCUT2D eigenvalue weighted by Crippen LogP contribution is -2.46. The number of morpholine rings is 1. The Kier molecular flexibility index (Phi) is 3.40. The first-order valence-electron chi connectivity index (χ1n) is 5.56. The minimum Gasteiger partial charge on any atom is -0.365 e. The van der Waals surface area contributed by atoms with Crippen molar-refractivity contribution in [2.75, 3.05) is 18.1 Å². The molecule has 1 aliphatic rings. The fourth-order valence-electron chi connectivity index (χ4n) is 1.90. The molecule has 1 amide bonds. The van der Waals surface area contributed by atoms with Gasteiger partial charge in [-0.3, -0.25) is 4.79 Å². The van der Waals surface area contributed by atoms with Crippen LogP contribution >= 0.6 is 0 Å². The zero-order chi connectivity index (χ0) is 12.3.